The van der Waals surface area contributed by atoms with Gasteiger partial charge < -0.3 is 18.9 Å². The Morgan fingerprint density at radius 2 is 1.22 bits per heavy atom. The molecule has 4 aromatic carbocycles. The van der Waals surface area contributed by atoms with E-state index in [-0.39, 0.29) is 76.9 Å². The number of halogens is 4. The maximum absolute atomic E-state index is 13.1. The summed E-state index contributed by atoms with van der Waals surface area (Å²) in [5.74, 6) is 0.140. The van der Waals surface area contributed by atoms with Gasteiger partial charge in [0.05, 0.1) is 35.5 Å². The van der Waals surface area contributed by atoms with E-state index in [4.69, 9.17) is 50.9 Å². The fourth-order valence-electron chi connectivity index (χ4n) is 7.47. The summed E-state index contributed by atoms with van der Waals surface area (Å²) in [4.78, 5) is 30.0. The summed E-state index contributed by atoms with van der Waals surface area (Å²) in [5, 5.41) is 5.65. The first-order valence-corrected chi connectivity index (χ1v) is 22.2. The number of carbonyl (C=O) groups is 2. The van der Waals surface area contributed by atoms with Crippen LogP contribution in [0, 0.1) is 6.92 Å². The molecule has 5 aromatic rings. The molecule has 17 heteroatoms. The van der Waals surface area contributed by atoms with Gasteiger partial charge in [-0.05, 0) is 114 Å². The molecule has 3 atom stereocenters. The molecule has 0 fully saturated rings. The molecule has 1 aromatic heterocycles. The van der Waals surface area contributed by atoms with Crippen molar-refractivity contribution in [2.45, 2.75) is 74.1 Å². The summed E-state index contributed by atoms with van der Waals surface area (Å²) in [7, 11) is -3.62. The van der Waals surface area contributed by atoms with Crippen molar-refractivity contribution in [1.29, 1.82) is 0 Å². The average Bonchev–Trinajstić information content (AvgIpc) is 3.57. The van der Waals surface area contributed by atoms with E-state index in [0.29, 0.717) is 73.5 Å². The van der Waals surface area contributed by atoms with E-state index < -0.39 is 20.9 Å². The molecule has 0 saturated carbocycles. The maximum atomic E-state index is 13.1. The number of nitrogens with zero attached hydrogens (tertiary/aromatic N) is 3. The van der Waals surface area contributed by atoms with Crippen LogP contribution in [0.1, 0.15) is 70.8 Å². The molecule has 2 aliphatic rings. The third-order valence-corrected chi connectivity index (χ3v) is 14.2. The van der Waals surface area contributed by atoms with Crippen molar-refractivity contribution in [1.82, 2.24) is 15.0 Å². The zero-order valence-electron chi connectivity index (χ0n) is 32.1. The van der Waals surface area contributed by atoms with Gasteiger partial charge in [0.25, 0.3) is 0 Å². The van der Waals surface area contributed by atoms with Crippen LogP contribution in [-0.2, 0) is 61.9 Å². The van der Waals surface area contributed by atoms with Crippen molar-refractivity contribution in [3.63, 3.8) is 0 Å². The number of hydrogen-bond acceptors (Lipinski definition) is 8. The Bertz CT molecular complexity index is 2440. The minimum atomic E-state index is -3.62. The zero-order chi connectivity index (χ0) is 41.2. The molecule has 0 N–H and O–H groups in total. The van der Waals surface area contributed by atoms with Crippen LogP contribution in [0.2, 0.25) is 20.1 Å². The van der Waals surface area contributed by atoms with Gasteiger partial charge in [-0.25, -0.2) is 8.42 Å². The molecule has 0 radical (unpaired) electrons. The number of benzene rings is 4. The normalized spacial score (nSPS) is 16.6. The van der Waals surface area contributed by atoms with E-state index in [1.165, 1.54) is 0 Å². The Morgan fingerprint density at radius 3 is 1.69 bits per heavy atom. The summed E-state index contributed by atoms with van der Waals surface area (Å²) in [6, 6.07) is 21.8. The molecule has 0 saturated heterocycles. The second kappa shape index (κ2) is 19.8. The smallest absolute Gasteiger partial charge is 0.768 e. The van der Waals surface area contributed by atoms with Crippen LogP contribution in [0.15, 0.2) is 93.2 Å². The Morgan fingerprint density at radius 1 is 0.776 bits per heavy atom. The number of fused-ring (bicyclic) bond motifs is 2. The minimum absolute atomic E-state index is 0. The van der Waals surface area contributed by atoms with Gasteiger partial charge in [0.1, 0.15) is 11.5 Å². The summed E-state index contributed by atoms with van der Waals surface area (Å²) in [6.07, 6.45) is 1.15. The van der Waals surface area contributed by atoms with Gasteiger partial charge in [-0.2, -0.15) is 0 Å². The fraction of sp³-hybridized carbons (Fsp3) is 0.293. The Labute approximate surface area is 382 Å². The first-order chi connectivity index (χ1) is 27.1. The van der Waals surface area contributed by atoms with Gasteiger partial charge in [-0.15, -0.1) is 0 Å². The van der Waals surface area contributed by atoms with E-state index >= 15 is 0 Å². The second-order valence-corrected chi connectivity index (χ2v) is 18.3. The molecule has 10 nitrogen and oxygen atoms in total. The molecule has 0 spiro atoms. The number of hydrogen-bond donors (Lipinski definition) is 0. The van der Waals surface area contributed by atoms with E-state index in [2.05, 4.69) is 5.16 Å². The number of aryl methyl sites for hydroxylation is 1. The number of amides is 2. The van der Waals surface area contributed by atoms with Crippen LogP contribution >= 0.6 is 46.4 Å². The average molecular weight is 914 g/mol. The number of aromatic nitrogens is 1. The van der Waals surface area contributed by atoms with Crippen molar-refractivity contribution in [3.05, 3.63) is 144 Å². The molecule has 300 valence electrons. The van der Waals surface area contributed by atoms with Gasteiger partial charge in [-0.3, -0.25) is 13.8 Å². The molecule has 7 rings (SSSR count). The maximum Gasteiger partial charge on any atom is 1.00 e. The Balaban J connectivity index is 0.000000224. The standard InChI is InChI=1S/C23H22Cl2N2O4S.C18H17Cl2NO3S.Na/c1-14-11-16(26-31-14)13-32(29,30)22-8-3-5-17-15(2)27(10-9-18(17)22)23(28)12-19-20(24)6-4-7-21(19)25;1-11-12-4-2-7-17(25(23)24)13(12)8-9-21(11)18(22)10-14-15(19)5-3-6-16(14)20;/h3-8,11,15H,9-10,12-13H2,1-2H3;2-7,11H,8-10H2,1H3,(H,23,24);/q;;+1/p-1/t15-;11-;/m00./s1. The van der Waals surface area contributed by atoms with Crippen LogP contribution in [0.4, 0.5) is 0 Å². The van der Waals surface area contributed by atoms with E-state index in [9.17, 15) is 26.8 Å². The first kappa shape index (κ1) is 46.3. The van der Waals surface area contributed by atoms with Crippen LogP contribution in [0.3, 0.4) is 0 Å². The molecule has 0 aliphatic carbocycles. The van der Waals surface area contributed by atoms with Crippen molar-refractivity contribution < 1.29 is 60.8 Å². The Hall–Kier alpha value is -2.75. The number of rotatable bonds is 8. The van der Waals surface area contributed by atoms with Crippen molar-refractivity contribution in [2.75, 3.05) is 13.1 Å². The quantitative estimate of drug-likeness (QED) is 0.139. The van der Waals surface area contributed by atoms with Crippen LogP contribution in [0.5, 0.6) is 0 Å². The van der Waals surface area contributed by atoms with E-state index in [1.807, 2.05) is 26.0 Å². The molecule has 2 aliphatic heterocycles. The topological polar surface area (TPSA) is 141 Å². The Kier molecular flexibility index (Phi) is 15.8. The van der Waals surface area contributed by atoms with Crippen molar-refractivity contribution in [2.24, 2.45) is 0 Å². The second-order valence-electron chi connectivity index (χ2n) is 13.9. The summed E-state index contributed by atoms with van der Waals surface area (Å²) < 4.78 is 54.1. The third kappa shape index (κ3) is 10.2. The minimum Gasteiger partial charge on any atom is -0.768 e. The largest absolute Gasteiger partial charge is 1.00 e. The third-order valence-electron chi connectivity index (χ3n) is 10.3. The van der Waals surface area contributed by atoms with Crippen LogP contribution < -0.4 is 29.6 Å². The first-order valence-electron chi connectivity index (χ1n) is 18.0. The molecule has 3 heterocycles. The van der Waals surface area contributed by atoms with Crippen molar-refractivity contribution >= 4 is 79.1 Å². The van der Waals surface area contributed by atoms with Gasteiger partial charge in [0.15, 0.2) is 9.84 Å². The van der Waals surface area contributed by atoms with Gasteiger partial charge in [0.2, 0.25) is 11.8 Å². The van der Waals surface area contributed by atoms with Crippen molar-refractivity contribution in [3.8, 4) is 0 Å². The summed E-state index contributed by atoms with van der Waals surface area (Å²) >= 11 is 22.5. The molecule has 2 amide bonds. The molecule has 0 bridgehead atoms. The zero-order valence-corrected chi connectivity index (χ0v) is 38.8. The molecular formula is C41H38Cl4N3NaO7S2. The van der Waals surface area contributed by atoms with Gasteiger partial charge in [0, 0.05) is 44.1 Å². The number of carbonyl (C=O) groups excluding carboxylic acids is 2. The summed E-state index contributed by atoms with van der Waals surface area (Å²) in [5.41, 5.74) is 4.82. The number of sulfone groups is 1. The predicted molar refractivity (Wildman–Crippen MR) is 220 cm³/mol. The SMILES string of the molecule is C[C@H]1c2cccc(S(=O)[O-])c2CCN1C(=O)Cc1c(Cl)cccc1Cl.Cc1cc(CS(=O)(=O)c2cccc3c2CCN(C(=O)Cc2c(Cl)cccc2Cl)[C@H]3C)no1.[Na+]. The molecular weight excluding hydrogens is 875 g/mol. The van der Waals surface area contributed by atoms with Gasteiger partial charge in [-0.1, -0.05) is 88.0 Å². The van der Waals surface area contributed by atoms with Crippen LogP contribution in [-0.4, -0.2) is 57.0 Å². The predicted octanol–water partition coefficient (Wildman–Crippen LogP) is 5.88. The fourth-order valence-corrected chi connectivity index (χ4v) is 10.7. The van der Waals surface area contributed by atoms with Gasteiger partial charge >= 0.3 is 29.6 Å². The van der Waals surface area contributed by atoms with Crippen LogP contribution in [0.25, 0.3) is 0 Å². The summed E-state index contributed by atoms with van der Waals surface area (Å²) in [6.45, 7) is 6.40. The van der Waals surface area contributed by atoms with E-state index in [0.717, 1.165) is 22.3 Å². The molecule has 1 unspecified atom stereocenters. The monoisotopic (exact) mass is 911 g/mol. The molecule has 58 heavy (non-hydrogen) atoms. The van der Waals surface area contributed by atoms with E-state index in [1.54, 1.807) is 83.5 Å².